The SMILES string of the molecule is C[C@H](OC(=O)/C=C/c1ccc2c(c1)OCCO2)C(=O)N(C)C1(C#N)CCCCC1. The summed E-state index contributed by atoms with van der Waals surface area (Å²) in [5.74, 6) is 0.317. The molecule has 3 rings (SSSR count). The zero-order valence-electron chi connectivity index (χ0n) is 16.8. The molecule has 0 bridgehead atoms. The molecule has 29 heavy (non-hydrogen) atoms. The minimum atomic E-state index is -0.968. The molecule has 0 saturated heterocycles. The van der Waals surface area contributed by atoms with Crippen LogP contribution < -0.4 is 9.47 Å². The standard InChI is InChI=1S/C22H26N2O5/c1-16(21(26)24(2)22(15-23)10-4-3-5-11-22)29-20(25)9-7-17-6-8-18-19(14-17)28-13-12-27-18/h6-9,14,16H,3-5,10-13H2,1-2H3/b9-7+/t16-/m0/s1. The fraction of sp³-hybridized carbons (Fsp3) is 0.500. The molecule has 1 aliphatic carbocycles. The number of hydrogen-bond donors (Lipinski definition) is 0. The smallest absolute Gasteiger partial charge is 0.331 e. The van der Waals surface area contributed by atoms with E-state index in [0.717, 1.165) is 24.8 Å². The number of likely N-dealkylation sites (N-methyl/N-ethyl adjacent to an activating group) is 1. The molecule has 154 valence electrons. The molecule has 1 aromatic rings. The Morgan fingerprint density at radius 1 is 1.21 bits per heavy atom. The first-order chi connectivity index (χ1) is 13.9. The highest BCUT2D eigenvalue weighted by Crippen LogP contribution is 2.33. The average Bonchev–Trinajstić information content (AvgIpc) is 2.76. The van der Waals surface area contributed by atoms with Gasteiger partial charge in [-0.25, -0.2) is 4.79 Å². The van der Waals surface area contributed by atoms with E-state index in [1.807, 2.05) is 0 Å². The van der Waals surface area contributed by atoms with E-state index in [1.165, 1.54) is 17.9 Å². The first-order valence-electron chi connectivity index (χ1n) is 9.92. The summed E-state index contributed by atoms with van der Waals surface area (Å²) in [5, 5.41) is 9.64. The summed E-state index contributed by atoms with van der Waals surface area (Å²) in [6, 6.07) is 7.67. The van der Waals surface area contributed by atoms with Crippen molar-refractivity contribution >= 4 is 18.0 Å². The van der Waals surface area contributed by atoms with Crippen LogP contribution in [0.25, 0.3) is 6.08 Å². The van der Waals surface area contributed by atoms with Crippen LogP contribution in [0, 0.1) is 11.3 Å². The van der Waals surface area contributed by atoms with Gasteiger partial charge in [0.15, 0.2) is 17.6 Å². The number of ether oxygens (including phenoxy) is 3. The lowest BCUT2D eigenvalue weighted by atomic mass is 9.81. The van der Waals surface area contributed by atoms with Crippen molar-refractivity contribution in [1.29, 1.82) is 5.26 Å². The lowest BCUT2D eigenvalue weighted by Crippen LogP contribution is -2.53. The lowest BCUT2D eigenvalue weighted by molar-refractivity contribution is -0.157. The molecular formula is C22H26N2O5. The lowest BCUT2D eigenvalue weighted by Gasteiger charge is -2.39. The molecule has 1 heterocycles. The van der Waals surface area contributed by atoms with Gasteiger partial charge in [0.25, 0.3) is 5.91 Å². The van der Waals surface area contributed by atoms with Gasteiger partial charge in [0.1, 0.15) is 18.8 Å². The van der Waals surface area contributed by atoms with Gasteiger partial charge in [-0.05, 0) is 43.5 Å². The number of carbonyl (C=O) groups is 2. The summed E-state index contributed by atoms with van der Waals surface area (Å²) >= 11 is 0. The molecule has 0 spiro atoms. The Kier molecular flexibility index (Phi) is 6.42. The number of nitrogens with zero attached hydrogens (tertiary/aromatic N) is 2. The molecule has 1 aliphatic heterocycles. The second-order valence-corrected chi connectivity index (χ2v) is 7.42. The van der Waals surface area contributed by atoms with Gasteiger partial charge in [0.2, 0.25) is 0 Å². The van der Waals surface area contributed by atoms with Crippen LogP contribution in [-0.2, 0) is 14.3 Å². The van der Waals surface area contributed by atoms with Crippen LogP contribution in [0.4, 0.5) is 0 Å². The number of esters is 1. The summed E-state index contributed by atoms with van der Waals surface area (Å²) in [6.07, 6.45) is 6.10. The Hall–Kier alpha value is -3.01. The topological polar surface area (TPSA) is 88.9 Å². The first-order valence-corrected chi connectivity index (χ1v) is 9.92. The second-order valence-electron chi connectivity index (χ2n) is 7.42. The van der Waals surface area contributed by atoms with Gasteiger partial charge < -0.3 is 19.1 Å². The highest BCUT2D eigenvalue weighted by atomic mass is 16.6. The molecule has 1 saturated carbocycles. The number of carbonyl (C=O) groups excluding carboxylic acids is 2. The van der Waals surface area contributed by atoms with Crippen molar-refractivity contribution in [3.63, 3.8) is 0 Å². The van der Waals surface area contributed by atoms with Crippen LogP contribution >= 0.6 is 0 Å². The molecule has 0 unspecified atom stereocenters. The predicted octanol–water partition coefficient (Wildman–Crippen LogP) is 3.09. The molecular weight excluding hydrogens is 372 g/mol. The summed E-state index contributed by atoms with van der Waals surface area (Å²) in [7, 11) is 1.62. The number of benzene rings is 1. The Labute approximate surface area is 170 Å². The van der Waals surface area contributed by atoms with E-state index in [2.05, 4.69) is 6.07 Å². The quantitative estimate of drug-likeness (QED) is 0.559. The highest BCUT2D eigenvalue weighted by Gasteiger charge is 2.40. The van der Waals surface area contributed by atoms with E-state index in [4.69, 9.17) is 14.2 Å². The van der Waals surface area contributed by atoms with Crippen molar-refractivity contribution in [1.82, 2.24) is 4.90 Å². The van der Waals surface area contributed by atoms with Crippen LogP contribution in [0.1, 0.15) is 44.6 Å². The van der Waals surface area contributed by atoms with Gasteiger partial charge in [-0.15, -0.1) is 0 Å². The number of hydrogen-bond acceptors (Lipinski definition) is 6. The second kappa shape index (κ2) is 8.99. The fourth-order valence-corrected chi connectivity index (χ4v) is 3.73. The zero-order valence-corrected chi connectivity index (χ0v) is 16.8. The van der Waals surface area contributed by atoms with E-state index >= 15 is 0 Å². The minimum absolute atomic E-state index is 0.366. The van der Waals surface area contributed by atoms with Crippen LogP contribution in [0.15, 0.2) is 24.3 Å². The highest BCUT2D eigenvalue weighted by molar-refractivity contribution is 5.90. The Balaban J connectivity index is 1.59. The molecule has 0 aromatic heterocycles. The van der Waals surface area contributed by atoms with Gasteiger partial charge >= 0.3 is 5.97 Å². The van der Waals surface area contributed by atoms with Crippen molar-refractivity contribution < 1.29 is 23.8 Å². The van der Waals surface area contributed by atoms with Crippen LogP contribution in [0.2, 0.25) is 0 Å². The van der Waals surface area contributed by atoms with Crippen molar-refractivity contribution in [3.8, 4) is 17.6 Å². The van der Waals surface area contributed by atoms with Crippen LogP contribution in [0.5, 0.6) is 11.5 Å². The number of rotatable bonds is 5. The van der Waals surface area contributed by atoms with Gasteiger partial charge in [-0.2, -0.15) is 5.26 Å². The summed E-state index contributed by atoms with van der Waals surface area (Å²) in [6.45, 7) is 2.53. The molecule has 1 fully saturated rings. The van der Waals surface area contributed by atoms with E-state index in [9.17, 15) is 14.9 Å². The van der Waals surface area contributed by atoms with E-state index in [1.54, 1.807) is 31.3 Å². The predicted molar refractivity (Wildman–Crippen MR) is 106 cm³/mol. The molecule has 1 amide bonds. The summed E-state index contributed by atoms with van der Waals surface area (Å²) in [4.78, 5) is 26.3. The van der Waals surface area contributed by atoms with E-state index in [-0.39, 0.29) is 5.91 Å². The molecule has 0 N–H and O–H groups in total. The number of amides is 1. The Morgan fingerprint density at radius 2 is 1.90 bits per heavy atom. The third-order valence-electron chi connectivity index (χ3n) is 5.48. The van der Waals surface area contributed by atoms with Crippen LogP contribution in [0.3, 0.4) is 0 Å². The Morgan fingerprint density at radius 3 is 2.59 bits per heavy atom. The molecule has 7 nitrogen and oxygen atoms in total. The maximum atomic E-state index is 12.7. The van der Waals surface area contributed by atoms with Gasteiger partial charge in [-0.3, -0.25) is 4.79 Å². The average molecular weight is 398 g/mol. The van der Waals surface area contributed by atoms with Gasteiger partial charge in [-0.1, -0.05) is 25.3 Å². The monoisotopic (exact) mass is 398 g/mol. The third-order valence-corrected chi connectivity index (χ3v) is 5.48. The first kappa shape index (κ1) is 20.7. The maximum Gasteiger partial charge on any atom is 0.331 e. The van der Waals surface area contributed by atoms with Gasteiger partial charge in [0, 0.05) is 13.1 Å². The van der Waals surface area contributed by atoms with Crippen molar-refractivity contribution in [2.75, 3.05) is 20.3 Å². The normalized spacial score (nSPS) is 18.5. The molecule has 0 radical (unpaired) electrons. The molecule has 2 aliphatic rings. The van der Waals surface area contributed by atoms with Crippen molar-refractivity contribution in [2.45, 2.75) is 50.7 Å². The van der Waals surface area contributed by atoms with E-state index in [0.29, 0.717) is 37.6 Å². The van der Waals surface area contributed by atoms with Crippen molar-refractivity contribution in [3.05, 3.63) is 29.8 Å². The van der Waals surface area contributed by atoms with Crippen molar-refractivity contribution in [2.24, 2.45) is 0 Å². The minimum Gasteiger partial charge on any atom is -0.486 e. The largest absolute Gasteiger partial charge is 0.486 e. The molecule has 1 aromatic carbocycles. The number of fused-ring (bicyclic) bond motifs is 1. The van der Waals surface area contributed by atoms with Crippen LogP contribution in [-0.4, -0.2) is 48.7 Å². The van der Waals surface area contributed by atoms with Gasteiger partial charge in [0.05, 0.1) is 6.07 Å². The maximum absolute atomic E-state index is 12.7. The Bertz CT molecular complexity index is 836. The zero-order chi connectivity index (χ0) is 20.9. The fourth-order valence-electron chi connectivity index (χ4n) is 3.73. The summed E-state index contributed by atoms with van der Waals surface area (Å²) in [5.41, 5.74) is -0.0511. The van der Waals surface area contributed by atoms with E-state index < -0.39 is 17.6 Å². The molecule has 7 heteroatoms. The molecule has 1 atom stereocenters. The third kappa shape index (κ3) is 4.70. The summed E-state index contributed by atoms with van der Waals surface area (Å²) < 4.78 is 16.3. The number of nitriles is 1.